The fourth-order valence-corrected chi connectivity index (χ4v) is 10.2. The van der Waals surface area contributed by atoms with Crippen LogP contribution in [0.5, 0.6) is 23.0 Å². The van der Waals surface area contributed by atoms with Crippen LogP contribution in [0.1, 0.15) is 80.0 Å². The van der Waals surface area contributed by atoms with Gasteiger partial charge >= 0.3 is 0 Å². The van der Waals surface area contributed by atoms with E-state index in [0.29, 0.717) is 52.7 Å². The number of allylic oxidation sites excluding steroid dienone is 1. The average molecular weight is 932 g/mol. The lowest BCUT2D eigenvalue weighted by Gasteiger charge is -2.60. The first-order chi connectivity index (χ1) is 33.2. The lowest BCUT2D eigenvalue weighted by Crippen LogP contribution is -2.70. The Bertz CT molecular complexity index is 2530. The molecule has 6 atom stereocenters. The van der Waals surface area contributed by atoms with Crippen LogP contribution in [0.3, 0.4) is 0 Å². The number of nitro groups is 1. The number of ether oxygens (including phenoxy) is 5. The van der Waals surface area contributed by atoms with E-state index in [4.69, 9.17) is 33.7 Å². The highest BCUT2D eigenvalue weighted by atomic mass is 19.1. The van der Waals surface area contributed by atoms with Crippen LogP contribution in [-0.4, -0.2) is 76.7 Å². The molecule has 0 radical (unpaired) electrons. The summed E-state index contributed by atoms with van der Waals surface area (Å²) in [6, 6.07) is 22.7. The molecule has 2 aliphatic heterocycles. The maximum atomic E-state index is 15.2. The van der Waals surface area contributed by atoms with E-state index in [1.165, 1.54) is 24.3 Å². The van der Waals surface area contributed by atoms with Crippen LogP contribution in [0.25, 0.3) is 6.08 Å². The van der Waals surface area contributed by atoms with Crippen molar-refractivity contribution in [3.05, 3.63) is 153 Å². The molecule has 0 bridgehead atoms. The lowest BCUT2D eigenvalue weighted by atomic mass is 9.55. The van der Waals surface area contributed by atoms with Crippen LogP contribution in [0.2, 0.25) is 0 Å². The maximum Gasteiger partial charge on any atom is 0.269 e. The number of nitro benzene ring substituents is 1. The number of carbonyl (C=O) groups is 1. The van der Waals surface area contributed by atoms with Gasteiger partial charge in [0.2, 0.25) is 18.5 Å². The first-order valence-corrected chi connectivity index (χ1v) is 23.4. The molecular formula is C53H58FN3O11. The normalized spacial score (nSPS) is 22.7. The molecule has 358 valence electrons. The second-order valence-corrected chi connectivity index (χ2v) is 17.4. The Labute approximate surface area is 395 Å². The minimum atomic E-state index is -1.56. The van der Waals surface area contributed by atoms with Crippen molar-refractivity contribution < 1.29 is 52.8 Å². The summed E-state index contributed by atoms with van der Waals surface area (Å²) >= 11 is 0. The predicted octanol–water partition coefficient (Wildman–Crippen LogP) is 9.44. The Hall–Kier alpha value is -6.55. The first kappa shape index (κ1) is 47.9. The minimum Gasteiger partial charge on any atom is -0.489 e. The van der Waals surface area contributed by atoms with Gasteiger partial charge in [-0.2, -0.15) is 0 Å². The molecule has 4 aromatic rings. The molecule has 2 aliphatic carbocycles. The van der Waals surface area contributed by atoms with Crippen molar-refractivity contribution in [3.8, 4) is 23.0 Å². The second kappa shape index (κ2) is 22.0. The third kappa shape index (κ3) is 10.3. The quantitative estimate of drug-likeness (QED) is 0.0253. The molecular weight excluding hydrogens is 874 g/mol. The van der Waals surface area contributed by atoms with E-state index in [1.54, 1.807) is 53.5 Å². The molecule has 2 heterocycles. The molecule has 1 fully saturated rings. The summed E-state index contributed by atoms with van der Waals surface area (Å²) in [5, 5.41) is 36.2. The topological polar surface area (TPSA) is 172 Å². The number of aliphatic hydroxyl groups is 2. The number of nitrogens with zero attached hydrogens (tertiary/aromatic N) is 3. The van der Waals surface area contributed by atoms with Crippen LogP contribution in [0.15, 0.2) is 120 Å². The van der Waals surface area contributed by atoms with Gasteiger partial charge in [-0.25, -0.2) is 4.39 Å². The van der Waals surface area contributed by atoms with E-state index in [1.807, 2.05) is 37.3 Å². The summed E-state index contributed by atoms with van der Waals surface area (Å²) < 4.78 is 47.1. The molecule has 4 aromatic carbocycles. The van der Waals surface area contributed by atoms with Crippen LogP contribution >= 0.6 is 0 Å². The molecule has 68 heavy (non-hydrogen) atoms. The smallest absolute Gasteiger partial charge is 0.269 e. The fraction of sp³-hybridized carbons (Fsp3) is 0.396. The van der Waals surface area contributed by atoms with Crippen molar-refractivity contribution in [2.45, 2.75) is 82.8 Å². The number of aliphatic hydroxyl groups excluding tert-OH is 2. The standard InChI is InChI=1S/C53H58FN3O11/c1-3-27-66-53-49(56(32-36-17-22-47-48(28-36)65-34-64-47)50(60)24-18-35-15-19-39(20-16-35)57(61)62)31-45(55-67-4-2)42-29-37(11-7-9-25-58)41(13-8-10-26-59)51(52(42)53)43-30-40(21-23-46(43)68-53)63-33-38-12-5-6-14-44(38)54/h3,5-6,12,14-24,28-30,37,41,49,51-52,58-59H,1,4,7-11,13,25-27,31-34H2,2H3. The SMILES string of the molecule is C=CCOC12Oc3ccc(OCc4ccccc4F)cc3C3C(CCCCO)C(CCCCO)C=C(C(=NOCC)CC1N(Cc1ccc4c(c1)OCO4)C(=O)C=Cc1ccc([N+](=O)[O-])cc1)C32. The van der Waals surface area contributed by atoms with Crippen LogP contribution < -0.4 is 18.9 Å². The third-order valence-electron chi connectivity index (χ3n) is 13.3. The third-order valence-corrected chi connectivity index (χ3v) is 13.3. The van der Waals surface area contributed by atoms with Crippen molar-refractivity contribution in [3.63, 3.8) is 0 Å². The Morgan fingerprint density at radius 2 is 1.75 bits per heavy atom. The van der Waals surface area contributed by atoms with Crippen LogP contribution in [-0.2, 0) is 27.5 Å². The number of hydrogen-bond donors (Lipinski definition) is 2. The van der Waals surface area contributed by atoms with E-state index < -0.39 is 28.6 Å². The van der Waals surface area contributed by atoms with E-state index in [2.05, 4.69) is 12.7 Å². The van der Waals surface area contributed by atoms with E-state index in [-0.39, 0.29) is 82.1 Å². The number of benzene rings is 4. The zero-order chi connectivity index (χ0) is 47.6. The predicted molar refractivity (Wildman–Crippen MR) is 253 cm³/mol. The number of amides is 1. The van der Waals surface area contributed by atoms with Crippen LogP contribution in [0, 0.1) is 33.7 Å². The number of halogens is 1. The van der Waals surface area contributed by atoms with Gasteiger partial charge in [0.1, 0.15) is 36.6 Å². The first-order valence-electron chi connectivity index (χ1n) is 23.4. The molecule has 1 amide bonds. The van der Waals surface area contributed by atoms with Gasteiger partial charge in [-0.3, -0.25) is 14.9 Å². The van der Waals surface area contributed by atoms with E-state index in [9.17, 15) is 24.7 Å². The van der Waals surface area contributed by atoms with Crippen LogP contribution in [0.4, 0.5) is 10.1 Å². The van der Waals surface area contributed by atoms with Crippen molar-refractivity contribution in [2.24, 2.45) is 22.9 Å². The van der Waals surface area contributed by atoms with Crippen molar-refractivity contribution >= 4 is 23.4 Å². The summed E-state index contributed by atoms with van der Waals surface area (Å²) in [7, 11) is 0. The van der Waals surface area contributed by atoms with Gasteiger partial charge in [0.05, 0.1) is 23.2 Å². The molecule has 2 N–H and O–H groups in total. The lowest BCUT2D eigenvalue weighted by molar-refractivity contribution is -0.384. The van der Waals surface area contributed by atoms with Crippen molar-refractivity contribution in [1.82, 2.24) is 4.90 Å². The number of oxime groups is 1. The Kier molecular flexibility index (Phi) is 15.5. The van der Waals surface area contributed by atoms with Crippen molar-refractivity contribution in [2.75, 3.05) is 33.2 Å². The fourth-order valence-electron chi connectivity index (χ4n) is 10.2. The highest BCUT2D eigenvalue weighted by Gasteiger charge is 2.65. The summed E-state index contributed by atoms with van der Waals surface area (Å²) in [4.78, 5) is 33.8. The van der Waals surface area contributed by atoms with Gasteiger partial charge in [-0.05, 0) is 116 Å². The van der Waals surface area contributed by atoms with Gasteiger partial charge in [0.25, 0.3) is 5.69 Å². The molecule has 14 nitrogen and oxygen atoms in total. The Balaban J connectivity index is 1.31. The summed E-state index contributed by atoms with van der Waals surface area (Å²) in [6.07, 6.45) is 11.4. The largest absolute Gasteiger partial charge is 0.489 e. The second-order valence-electron chi connectivity index (χ2n) is 17.4. The molecule has 15 heteroatoms. The molecule has 0 spiro atoms. The van der Waals surface area contributed by atoms with E-state index >= 15 is 4.79 Å². The van der Waals surface area contributed by atoms with Crippen molar-refractivity contribution in [1.29, 1.82) is 0 Å². The highest BCUT2D eigenvalue weighted by molar-refractivity contribution is 6.03. The number of unbranched alkanes of at least 4 members (excludes halogenated alkanes) is 2. The zero-order valence-corrected chi connectivity index (χ0v) is 38.2. The molecule has 8 rings (SSSR count). The van der Waals surface area contributed by atoms with E-state index in [0.717, 1.165) is 42.4 Å². The minimum absolute atomic E-state index is 0.000774. The summed E-state index contributed by atoms with van der Waals surface area (Å²) in [6.45, 7) is 6.48. The number of fused-ring (bicyclic) bond motifs is 3. The number of carbonyl (C=O) groups excluding carboxylic acids is 1. The molecule has 0 saturated heterocycles. The summed E-state index contributed by atoms with van der Waals surface area (Å²) in [5.41, 5.74) is 4.02. The van der Waals surface area contributed by atoms with Gasteiger partial charge in [-0.1, -0.05) is 54.4 Å². The van der Waals surface area contributed by atoms with Gasteiger partial charge in [0, 0.05) is 61.4 Å². The number of hydrogen-bond acceptors (Lipinski definition) is 12. The van der Waals surface area contributed by atoms with Gasteiger partial charge in [-0.15, -0.1) is 6.58 Å². The summed E-state index contributed by atoms with van der Waals surface area (Å²) in [5.74, 6) is -1.10. The highest BCUT2D eigenvalue weighted by Crippen LogP contribution is 2.62. The van der Waals surface area contributed by atoms with Gasteiger partial charge in [0.15, 0.2) is 11.5 Å². The van der Waals surface area contributed by atoms with Gasteiger partial charge < -0.3 is 43.6 Å². The zero-order valence-electron chi connectivity index (χ0n) is 38.2. The molecule has 6 unspecified atom stereocenters. The Morgan fingerprint density at radius 1 is 0.985 bits per heavy atom. The number of rotatable bonds is 22. The molecule has 1 saturated carbocycles. The monoisotopic (exact) mass is 931 g/mol. The average Bonchev–Trinajstić information content (AvgIpc) is 3.83. The number of non-ortho nitro benzene ring substituents is 1. The maximum absolute atomic E-state index is 15.2. The molecule has 0 aromatic heterocycles. The molecule has 4 aliphatic rings. The Morgan fingerprint density at radius 3 is 2.50 bits per heavy atom.